The Morgan fingerprint density at radius 3 is 1.84 bits per heavy atom. The molecule has 4 rings (SSSR count). The molecular formula is C16H24O3. The average molecular weight is 264 g/mol. The number of unbranched alkanes of at least 4 members (excludes halogenated alkanes) is 1. The van der Waals surface area contributed by atoms with E-state index in [-0.39, 0.29) is 11.8 Å². The van der Waals surface area contributed by atoms with Crippen LogP contribution in [0.4, 0.5) is 0 Å². The number of aliphatic carboxylic acids is 1. The van der Waals surface area contributed by atoms with E-state index < -0.39 is 5.97 Å². The van der Waals surface area contributed by atoms with Gasteiger partial charge in [-0.25, -0.2) is 0 Å². The molecule has 0 spiro atoms. The van der Waals surface area contributed by atoms with Crippen LogP contribution in [0.25, 0.3) is 0 Å². The Morgan fingerprint density at radius 1 is 0.895 bits per heavy atom. The molecule has 4 fully saturated rings. The Kier molecular flexibility index (Phi) is 3.40. The molecule has 19 heavy (non-hydrogen) atoms. The van der Waals surface area contributed by atoms with E-state index >= 15 is 0 Å². The minimum atomic E-state index is -0.748. The van der Waals surface area contributed by atoms with Crippen molar-refractivity contribution >= 4 is 11.8 Å². The van der Waals surface area contributed by atoms with E-state index in [1.54, 1.807) is 0 Å². The predicted octanol–water partition coefficient (Wildman–Crippen LogP) is 3.42. The number of hydrogen-bond donors (Lipinski definition) is 1. The van der Waals surface area contributed by atoms with Crippen LogP contribution in [0.5, 0.6) is 0 Å². The molecule has 3 heteroatoms. The molecule has 4 aliphatic carbocycles. The second-order valence-electron chi connectivity index (χ2n) is 7.22. The lowest BCUT2D eigenvalue weighted by Gasteiger charge is -2.56. The summed E-state index contributed by atoms with van der Waals surface area (Å²) in [4.78, 5) is 23.1. The highest BCUT2D eigenvalue weighted by molar-refractivity contribution is 5.85. The number of rotatable bonds is 6. The number of carboxylic acid groups (broad SMARTS) is 1. The number of carboxylic acids is 1. The van der Waals surface area contributed by atoms with Gasteiger partial charge in [-0.2, -0.15) is 0 Å². The third kappa shape index (κ3) is 2.56. The summed E-state index contributed by atoms with van der Waals surface area (Å²) in [6, 6.07) is 0. The molecular weight excluding hydrogens is 240 g/mol. The van der Waals surface area contributed by atoms with Gasteiger partial charge in [0.05, 0.1) is 0 Å². The van der Waals surface area contributed by atoms with E-state index in [2.05, 4.69) is 0 Å². The summed E-state index contributed by atoms with van der Waals surface area (Å²) in [7, 11) is 0. The molecule has 0 unspecified atom stereocenters. The summed E-state index contributed by atoms with van der Waals surface area (Å²) >= 11 is 0. The van der Waals surface area contributed by atoms with Crippen molar-refractivity contribution in [3.63, 3.8) is 0 Å². The zero-order valence-corrected chi connectivity index (χ0v) is 11.6. The Balaban J connectivity index is 1.56. The second kappa shape index (κ2) is 4.92. The van der Waals surface area contributed by atoms with E-state index in [1.165, 1.54) is 19.3 Å². The van der Waals surface area contributed by atoms with Crippen molar-refractivity contribution in [3.8, 4) is 0 Å². The van der Waals surface area contributed by atoms with Crippen molar-refractivity contribution in [1.29, 1.82) is 0 Å². The summed E-state index contributed by atoms with van der Waals surface area (Å²) in [5, 5.41) is 8.62. The summed E-state index contributed by atoms with van der Waals surface area (Å²) < 4.78 is 0. The maximum absolute atomic E-state index is 12.6. The largest absolute Gasteiger partial charge is 0.481 e. The van der Waals surface area contributed by atoms with Gasteiger partial charge in [0.1, 0.15) is 5.78 Å². The number of hydrogen-bond acceptors (Lipinski definition) is 2. The third-order valence-corrected chi connectivity index (χ3v) is 5.67. The fraction of sp³-hybridized carbons (Fsp3) is 0.875. The monoisotopic (exact) mass is 264 g/mol. The highest BCUT2D eigenvalue weighted by atomic mass is 16.4. The zero-order chi connectivity index (χ0) is 13.5. The van der Waals surface area contributed by atoms with Crippen LogP contribution in [0.2, 0.25) is 0 Å². The Hall–Kier alpha value is -0.860. The van der Waals surface area contributed by atoms with Crippen LogP contribution < -0.4 is 0 Å². The summed E-state index contributed by atoms with van der Waals surface area (Å²) in [6.07, 6.45) is 9.72. The van der Waals surface area contributed by atoms with Gasteiger partial charge in [0, 0.05) is 18.3 Å². The minimum absolute atomic E-state index is 0.0119. The van der Waals surface area contributed by atoms with Crippen molar-refractivity contribution in [2.24, 2.45) is 23.2 Å². The molecule has 0 aromatic rings. The van der Waals surface area contributed by atoms with Gasteiger partial charge in [-0.3, -0.25) is 9.59 Å². The van der Waals surface area contributed by atoms with Gasteiger partial charge in [0.25, 0.3) is 0 Å². The van der Waals surface area contributed by atoms with Crippen LogP contribution in [0.15, 0.2) is 0 Å². The molecule has 4 aliphatic rings. The molecule has 0 aromatic heterocycles. The minimum Gasteiger partial charge on any atom is -0.481 e. The summed E-state index contributed by atoms with van der Waals surface area (Å²) in [6.45, 7) is 0. The number of ketones is 1. The molecule has 3 nitrogen and oxygen atoms in total. The smallest absolute Gasteiger partial charge is 0.303 e. The molecule has 0 atom stereocenters. The molecule has 0 heterocycles. The normalized spacial score (nSPS) is 39.5. The SMILES string of the molecule is O=C(O)CCCCC(=O)C12CC3CC(CC(C3)C1)C2. The molecule has 0 radical (unpaired) electrons. The number of carbonyl (C=O) groups is 2. The standard InChI is InChI=1S/C16H24O3/c17-14(3-1-2-4-15(18)19)16-8-11-5-12(9-16)7-13(6-11)10-16/h11-13H,1-10H2,(H,18,19). The fourth-order valence-electron chi connectivity index (χ4n) is 5.28. The summed E-state index contributed by atoms with van der Waals surface area (Å²) in [5.41, 5.74) is 0.0119. The first-order chi connectivity index (χ1) is 9.07. The lowest BCUT2D eigenvalue weighted by Crippen LogP contribution is -2.49. The van der Waals surface area contributed by atoms with Crippen LogP contribution in [-0.2, 0) is 9.59 Å². The topological polar surface area (TPSA) is 54.4 Å². The maximum Gasteiger partial charge on any atom is 0.303 e. The van der Waals surface area contributed by atoms with Crippen molar-refractivity contribution in [1.82, 2.24) is 0 Å². The van der Waals surface area contributed by atoms with Crippen LogP contribution >= 0.6 is 0 Å². The first-order valence-corrected chi connectivity index (χ1v) is 7.82. The van der Waals surface area contributed by atoms with Crippen LogP contribution in [0.1, 0.15) is 64.2 Å². The number of Topliss-reactive ketones (excluding diaryl/α,β-unsaturated/α-hetero) is 1. The van der Waals surface area contributed by atoms with Gasteiger partial charge in [0.2, 0.25) is 0 Å². The van der Waals surface area contributed by atoms with Gasteiger partial charge < -0.3 is 5.11 Å². The van der Waals surface area contributed by atoms with E-state index in [0.717, 1.165) is 43.4 Å². The van der Waals surface area contributed by atoms with Crippen molar-refractivity contribution in [3.05, 3.63) is 0 Å². The van der Waals surface area contributed by atoms with Gasteiger partial charge in [-0.15, -0.1) is 0 Å². The highest BCUT2D eigenvalue weighted by Gasteiger charge is 2.53. The van der Waals surface area contributed by atoms with Gasteiger partial charge >= 0.3 is 5.97 Å². The molecule has 0 aliphatic heterocycles. The third-order valence-electron chi connectivity index (χ3n) is 5.67. The molecule has 106 valence electrons. The Morgan fingerprint density at radius 2 is 1.37 bits per heavy atom. The van der Waals surface area contributed by atoms with Crippen LogP contribution in [0.3, 0.4) is 0 Å². The molecule has 4 saturated carbocycles. The van der Waals surface area contributed by atoms with Crippen molar-refractivity contribution < 1.29 is 14.7 Å². The average Bonchev–Trinajstić information content (AvgIpc) is 2.32. The molecule has 0 saturated heterocycles. The predicted molar refractivity (Wildman–Crippen MR) is 71.7 cm³/mol. The maximum atomic E-state index is 12.6. The highest BCUT2D eigenvalue weighted by Crippen LogP contribution is 2.60. The van der Waals surface area contributed by atoms with E-state index in [0.29, 0.717) is 18.6 Å². The van der Waals surface area contributed by atoms with Gasteiger partial charge in [0.15, 0.2) is 0 Å². The first-order valence-electron chi connectivity index (χ1n) is 7.82. The molecule has 4 bridgehead atoms. The lowest BCUT2D eigenvalue weighted by molar-refractivity contribution is -0.144. The van der Waals surface area contributed by atoms with E-state index in [4.69, 9.17) is 5.11 Å². The molecule has 0 amide bonds. The Bertz CT molecular complexity index is 350. The van der Waals surface area contributed by atoms with Crippen LogP contribution in [-0.4, -0.2) is 16.9 Å². The zero-order valence-electron chi connectivity index (χ0n) is 11.6. The van der Waals surface area contributed by atoms with Gasteiger partial charge in [-0.05, 0) is 69.1 Å². The van der Waals surface area contributed by atoms with Crippen molar-refractivity contribution in [2.45, 2.75) is 64.2 Å². The first kappa shape index (κ1) is 13.1. The van der Waals surface area contributed by atoms with E-state index in [9.17, 15) is 9.59 Å². The molecule has 0 aromatic carbocycles. The van der Waals surface area contributed by atoms with Crippen LogP contribution in [0, 0.1) is 23.2 Å². The fourth-order valence-corrected chi connectivity index (χ4v) is 5.28. The summed E-state index contributed by atoms with van der Waals surface area (Å²) in [5.74, 6) is 2.15. The van der Waals surface area contributed by atoms with Crippen molar-refractivity contribution in [2.75, 3.05) is 0 Å². The van der Waals surface area contributed by atoms with Gasteiger partial charge in [-0.1, -0.05) is 0 Å². The number of carbonyl (C=O) groups excluding carboxylic acids is 1. The lowest BCUT2D eigenvalue weighted by atomic mass is 9.48. The second-order valence-corrected chi connectivity index (χ2v) is 7.22. The van der Waals surface area contributed by atoms with E-state index in [1.807, 2.05) is 0 Å². The Labute approximate surface area is 114 Å². The molecule has 1 N–H and O–H groups in total. The quantitative estimate of drug-likeness (QED) is 0.748.